The highest BCUT2D eigenvalue weighted by molar-refractivity contribution is 7.89. The number of piperazine rings is 1. The van der Waals surface area contributed by atoms with Crippen LogP contribution in [0.2, 0.25) is 0 Å². The molecule has 11 nitrogen and oxygen atoms in total. The number of aromatic amines is 1. The van der Waals surface area contributed by atoms with Gasteiger partial charge >= 0.3 is 0 Å². The van der Waals surface area contributed by atoms with E-state index in [4.69, 9.17) is 4.74 Å². The molecule has 236 valence electrons. The van der Waals surface area contributed by atoms with Crippen LogP contribution in [0.25, 0.3) is 0 Å². The van der Waals surface area contributed by atoms with E-state index >= 15 is 0 Å². The molecule has 2 saturated heterocycles. The Morgan fingerprint density at radius 3 is 2.48 bits per heavy atom. The number of carbonyl (C=O) groups is 1. The third-order valence-electron chi connectivity index (χ3n) is 8.62. The summed E-state index contributed by atoms with van der Waals surface area (Å²) in [7, 11) is -4.20. The zero-order chi connectivity index (χ0) is 30.8. The molecule has 2 aromatic carbocycles. The Hall–Kier alpha value is -3.59. The van der Waals surface area contributed by atoms with Gasteiger partial charge in [-0.25, -0.2) is 17.2 Å². The van der Waals surface area contributed by atoms with Crippen LogP contribution in [0.3, 0.4) is 0 Å². The van der Waals surface area contributed by atoms with Crippen LogP contribution >= 0.6 is 0 Å². The first-order valence-electron chi connectivity index (χ1n) is 15.0. The summed E-state index contributed by atoms with van der Waals surface area (Å²) in [6, 6.07) is 8.18. The summed E-state index contributed by atoms with van der Waals surface area (Å²) in [5.41, 5.74) is 3.40. The number of carbonyl (C=O) groups excluding carboxylic acids is 1. The number of aromatic nitrogens is 2. The smallest absolute Gasteiger partial charge is 0.258 e. The van der Waals surface area contributed by atoms with Crippen LogP contribution < -0.4 is 15.5 Å². The van der Waals surface area contributed by atoms with E-state index in [-0.39, 0.29) is 30.9 Å². The maximum atomic E-state index is 13.8. The molecule has 1 amide bonds. The monoisotopic (exact) mass is 629 g/mol. The third-order valence-corrected chi connectivity index (χ3v) is 10.4. The lowest BCUT2D eigenvalue weighted by molar-refractivity contribution is 0.0904. The van der Waals surface area contributed by atoms with Gasteiger partial charge in [0.25, 0.3) is 5.91 Å². The van der Waals surface area contributed by atoms with Crippen molar-refractivity contribution in [1.82, 2.24) is 19.4 Å². The Bertz CT molecular complexity index is 1600. The number of amides is 1. The Kier molecular flexibility index (Phi) is 8.85. The molecule has 0 saturated carbocycles. The lowest BCUT2D eigenvalue weighted by Crippen LogP contribution is -2.46. The summed E-state index contributed by atoms with van der Waals surface area (Å²) >= 11 is 0. The molecule has 0 unspecified atom stereocenters. The fraction of sp³-hybridized carbons (Fsp3) is 0.467. The topological polar surface area (TPSA) is 123 Å². The van der Waals surface area contributed by atoms with Crippen molar-refractivity contribution in [1.29, 1.82) is 0 Å². The van der Waals surface area contributed by atoms with Gasteiger partial charge in [0, 0.05) is 93.6 Å². The van der Waals surface area contributed by atoms with Gasteiger partial charge in [-0.05, 0) is 49.7 Å². The minimum Gasteiger partial charge on any atom is -0.381 e. The fourth-order valence-electron chi connectivity index (χ4n) is 6.01. The number of anilines is 3. The molecular formula is C30H37F2N7O4S. The van der Waals surface area contributed by atoms with Gasteiger partial charge in [0.05, 0.1) is 10.5 Å². The summed E-state index contributed by atoms with van der Waals surface area (Å²) in [5.74, 6) is -2.12. The van der Waals surface area contributed by atoms with Gasteiger partial charge in [0.1, 0.15) is 11.6 Å². The quantitative estimate of drug-likeness (QED) is 0.347. The third kappa shape index (κ3) is 6.43. The van der Waals surface area contributed by atoms with Gasteiger partial charge in [0.2, 0.25) is 10.0 Å². The summed E-state index contributed by atoms with van der Waals surface area (Å²) in [4.78, 5) is 18.0. The van der Waals surface area contributed by atoms with Gasteiger partial charge in [-0.1, -0.05) is 6.92 Å². The number of sulfonamides is 1. The second-order valence-electron chi connectivity index (χ2n) is 11.4. The fourth-order valence-corrected chi connectivity index (χ4v) is 7.46. The maximum Gasteiger partial charge on any atom is 0.258 e. The van der Waals surface area contributed by atoms with Crippen molar-refractivity contribution >= 4 is 33.1 Å². The molecule has 6 rings (SSSR count). The largest absolute Gasteiger partial charge is 0.381 e. The average molecular weight is 630 g/mol. The molecule has 14 heteroatoms. The SMILES string of the molecule is CCN1CCN(c2ccc(C(=O)Nc3n[nH]c4c3CN(S(=O)(=O)c3cc(F)cc(F)c3)CC4)c(NC3CCOCC3)c2)CC1. The molecule has 4 heterocycles. The first-order valence-corrected chi connectivity index (χ1v) is 16.4. The number of rotatable bonds is 8. The van der Waals surface area contributed by atoms with Crippen molar-refractivity contribution in [3.63, 3.8) is 0 Å². The van der Waals surface area contributed by atoms with E-state index in [0.29, 0.717) is 48.2 Å². The summed E-state index contributed by atoms with van der Waals surface area (Å²) in [6.07, 6.45) is 1.95. The summed E-state index contributed by atoms with van der Waals surface area (Å²) in [6.45, 7) is 8.23. The van der Waals surface area contributed by atoms with Crippen LogP contribution in [0.1, 0.15) is 41.4 Å². The first kappa shape index (κ1) is 30.4. The van der Waals surface area contributed by atoms with Crippen molar-refractivity contribution in [3.05, 3.63) is 64.9 Å². The van der Waals surface area contributed by atoms with E-state index < -0.39 is 26.6 Å². The molecule has 3 aliphatic heterocycles. The van der Waals surface area contributed by atoms with Crippen LogP contribution in [-0.4, -0.2) is 92.3 Å². The molecule has 44 heavy (non-hydrogen) atoms. The number of halogens is 2. The van der Waals surface area contributed by atoms with Gasteiger partial charge < -0.3 is 25.2 Å². The Labute approximate surface area is 255 Å². The van der Waals surface area contributed by atoms with Crippen molar-refractivity contribution in [2.24, 2.45) is 0 Å². The number of likely N-dealkylation sites (N-methyl/N-ethyl adjacent to an activating group) is 1. The van der Waals surface area contributed by atoms with Crippen molar-refractivity contribution in [2.45, 2.75) is 43.7 Å². The molecule has 0 bridgehead atoms. The molecular weight excluding hydrogens is 592 g/mol. The Morgan fingerprint density at radius 1 is 1.05 bits per heavy atom. The number of H-pyrrole nitrogens is 1. The highest BCUT2D eigenvalue weighted by atomic mass is 32.2. The molecule has 0 atom stereocenters. The highest BCUT2D eigenvalue weighted by Crippen LogP contribution is 2.31. The minimum absolute atomic E-state index is 0.0934. The van der Waals surface area contributed by atoms with E-state index in [1.807, 2.05) is 18.2 Å². The van der Waals surface area contributed by atoms with Crippen molar-refractivity contribution < 1.29 is 26.7 Å². The lowest BCUT2D eigenvalue weighted by atomic mass is 10.1. The maximum absolute atomic E-state index is 13.8. The Balaban J connectivity index is 1.23. The predicted molar refractivity (Wildman–Crippen MR) is 162 cm³/mol. The van der Waals surface area contributed by atoms with Crippen LogP contribution in [0.4, 0.5) is 26.0 Å². The molecule has 3 aliphatic rings. The lowest BCUT2D eigenvalue weighted by Gasteiger charge is -2.36. The number of benzene rings is 2. The molecule has 0 aliphatic carbocycles. The second-order valence-corrected chi connectivity index (χ2v) is 13.3. The zero-order valence-electron chi connectivity index (χ0n) is 24.6. The standard InChI is InChI=1S/C30H37F2N7O4S/c1-2-37-9-11-38(12-10-37)23-3-4-25(28(18-23)33-22-6-13-43-14-7-22)30(40)34-29-26-19-39(8-5-27(26)35-36-29)44(41,42)24-16-20(31)15-21(32)17-24/h3-4,15-18,22,33H,2,5-14,19H2,1H3,(H2,34,35,36,40). The number of hydrogen-bond acceptors (Lipinski definition) is 8. The van der Waals surface area contributed by atoms with Crippen molar-refractivity contribution in [3.8, 4) is 0 Å². The zero-order valence-corrected chi connectivity index (χ0v) is 25.4. The van der Waals surface area contributed by atoms with E-state index in [9.17, 15) is 22.0 Å². The Morgan fingerprint density at radius 2 is 1.77 bits per heavy atom. The van der Waals surface area contributed by atoms with Crippen LogP contribution in [0, 0.1) is 11.6 Å². The van der Waals surface area contributed by atoms with E-state index in [2.05, 4.69) is 37.6 Å². The van der Waals surface area contributed by atoms with Gasteiger partial charge in [-0.15, -0.1) is 0 Å². The molecule has 3 aromatic rings. The highest BCUT2D eigenvalue weighted by Gasteiger charge is 2.32. The predicted octanol–water partition coefficient (Wildman–Crippen LogP) is 3.42. The number of nitrogens with one attached hydrogen (secondary N) is 3. The normalized spacial score (nSPS) is 18.7. The molecule has 0 spiro atoms. The average Bonchev–Trinajstić information content (AvgIpc) is 3.43. The number of fused-ring (bicyclic) bond motifs is 1. The molecule has 0 radical (unpaired) electrons. The van der Waals surface area contributed by atoms with Crippen LogP contribution in [0.5, 0.6) is 0 Å². The van der Waals surface area contributed by atoms with Gasteiger partial charge in [0.15, 0.2) is 5.82 Å². The second kappa shape index (κ2) is 12.8. The van der Waals surface area contributed by atoms with E-state index in [1.54, 1.807) is 0 Å². The molecule has 3 N–H and O–H groups in total. The number of nitrogens with zero attached hydrogens (tertiary/aromatic N) is 4. The molecule has 1 aromatic heterocycles. The first-order chi connectivity index (χ1) is 21.2. The molecule has 2 fully saturated rings. The summed E-state index contributed by atoms with van der Waals surface area (Å²) < 4.78 is 60.8. The van der Waals surface area contributed by atoms with E-state index in [1.165, 1.54) is 0 Å². The van der Waals surface area contributed by atoms with E-state index in [0.717, 1.165) is 67.7 Å². The number of ether oxygens (including phenoxy) is 1. The van der Waals surface area contributed by atoms with Gasteiger partial charge in [-0.3, -0.25) is 9.89 Å². The van der Waals surface area contributed by atoms with Crippen LogP contribution in [-0.2, 0) is 27.7 Å². The minimum atomic E-state index is -4.20. The summed E-state index contributed by atoms with van der Waals surface area (Å²) in [5, 5.41) is 13.6. The van der Waals surface area contributed by atoms with Gasteiger partial charge in [-0.2, -0.15) is 9.40 Å². The van der Waals surface area contributed by atoms with Crippen molar-refractivity contribution in [2.75, 3.05) is 68.0 Å². The van der Waals surface area contributed by atoms with Crippen LogP contribution in [0.15, 0.2) is 41.3 Å². The number of hydrogen-bond donors (Lipinski definition) is 3.